The van der Waals surface area contributed by atoms with E-state index in [0.717, 1.165) is 0 Å². The maximum absolute atomic E-state index is 11.6. The number of para-hydroxylation sites is 1. The highest BCUT2D eigenvalue weighted by Gasteiger charge is 2.25. The van der Waals surface area contributed by atoms with Crippen LogP contribution in [-0.2, 0) is 4.79 Å². The summed E-state index contributed by atoms with van der Waals surface area (Å²) in [6.07, 6.45) is 0. The van der Waals surface area contributed by atoms with Gasteiger partial charge in [-0.25, -0.2) is 0 Å². The fourth-order valence-corrected chi connectivity index (χ4v) is 1.99. The summed E-state index contributed by atoms with van der Waals surface area (Å²) in [4.78, 5) is 11.6. The number of phenolic OH excluding ortho intramolecular Hbond substituents is 1. The molecule has 0 radical (unpaired) electrons. The fourth-order valence-electron chi connectivity index (χ4n) is 1.61. The Labute approximate surface area is 95.8 Å². The van der Waals surface area contributed by atoms with Crippen molar-refractivity contribution in [2.45, 2.75) is 6.04 Å². The van der Waals surface area contributed by atoms with Crippen molar-refractivity contribution in [1.29, 1.82) is 0 Å². The normalized spacial score (nSPS) is 21.1. The molecule has 0 bridgehead atoms. The van der Waals surface area contributed by atoms with Crippen molar-refractivity contribution in [3.63, 3.8) is 0 Å². The number of carbonyl (C=O) groups excluding carboxylic acids is 1. The minimum Gasteiger partial charge on any atom is -0.506 e. The van der Waals surface area contributed by atoms with Crippen LogP contribution in [-0.4, -0.2) is 24.1 Å². The second-order valence-corrected chi connectivity index (χ2v) is 4.21. The molecule has 80 valence electrons. The van der Waals surface area contributed by atoms with Gasteiger partial charge in [-0.2, -0.15) is 0 Å². The molecule has 1 fully saturated rings. The molecule has 0 saturated carbocycles. The first-order chi connectivity index (χ1) is 7.20. The zero-order valence-electron chi connectivity index (χ0n) is 7.96. The molecule has 1 amide bonds. The number of carbonyl (C=O) groups is 1. The zero-order chi connectivity index (χ0) is 10.8. The Bertz CT molecular complexity index is 395. The van der Waals surface area contributed by atoms with Crippen molar-refractivity contribution >= 4 is 21.8 Å². The van der Waals surface area contributed by atoms with Gasteiger partial charge >= 0.3 is 0 Å². The van der Waals surface area contributed by atoms with Crippen molar-refractivity contribution in [2.24, 2.45) is 0 Å². The third kappa shape index (κ3) is 1.98. The molecule has 1 aliphatic heterocycles. The number of benzene rings is 1. The molecule has 1 saturated heterocycles. The number of piperazine rings is 1. The van der Waals surface area contributed by atoms with Crippen molar-refractivity contribution in [1.82, 2.24) is 10.6 Å². The van der Waals surface area contributed by atoms with Crippen LogP contribution in [0.25, 0.3) is 0 Å². The molecule has 0 spiro atoms. The summed E-state index contributed by atoms with van der Waals surface area (Å²) in [6.45, 7) is 1.34. The highest BCUT2D eigenvalue weighted by molar-refractivity contribution is 9.10. The number of phenols is 1. The topological polar surface area (TPSA) is 61.4 Å². The van der Waals surface area contributed by atoms with Crippen molar-refractivity contribution in [2.75, 3.05) is 13.1 Å². The number of hydrogen-bond donors (Lipinski definition) is 3. The van der Waals surface area contributed by atoms with E-state index in [2.05, 4.69) is 26.6 Å². The van der Waals surface area contributed by atoms with Gasteiger partial charge in [0.25, 0.3) is 0 Å². The van der Waals surface area contributed by atoms with E-state index in [4.69, 9.17) is 0 Å². The Balaban J connectivity index is 2.35. The minimum atomic E-state index is -0.462. The van der Waals surface area contributed by atoms with Gasteiger partial charge in [0.15, 0.2) is 0 Å². The third-order valence-corrected chi connectivity index (χ3v) is 3.00. The zero-order valence-corrected chi connectivity index (χ0v) is 9.54. The molecule has 1 unspecified atom stereocenters. The van der Waals surface area contributed by atoms with E-state index < -0.39 is 6.04 Å². The highest BCUT2D eigenvalue weighted by atomic mass is 79.9. The summed E-state index contributed by atoms with van der Waals surface area (Å²) in [5.41, 5.74) is 0.599. The Morgan fingerprint density at radius 1 is 1.40 bits per heavy atom. The highest BCUT2D eigenvalue weighted by Crippen LogP contribution is 2.32. The van der Waals surface area contributed by atoms with Crippen molar-refractivity contribution < 1.29 is 9.90 Å². The predicted octanol–water partition coefficient (Wildman–Crippen LogP) is 0.915. The van der Waals surface area contributed by atoms with Gasteiger partial charge in [-0.3, -0.25) is 4.79 Å². The van der Waals surface area contributed by atoms with Crippen LogP contribution in [0.1, 0.15) is 11.6 Å². The SMILES string of the molecule is O=C1NCCNC1c1cccc(Br)c1O. The molecule has 1 heterocycles. The maximum Gasteiger partial charge on any atom is 0.241 e. The standard InChI is InChI=1S/C10H11BrN2O2/c11-7-3-1-2-6(9(7)14)8-10(15)13-5-4-12-8/h1-3,8,12,14H,4-5H2,(H,13,15). The molecule has 15 heavy (non-hydrogen) atoms. The van der Waals surface area contributed by atoms with Crippen LogP contribution < -0.4 is 10.6 Å². The quantitative estimate of drug-likeness (QED) is 0.711. The summed E-state index contributed by atoms with van der Waals surface area (Å²) in [5, 5.41) is 15.6. The van der Waals surface area contributed by atoms with Crippen LogP contribution in [0.3, 0.4) is 0 Å². The lowest BCUT2D eigenvalue weighted by Crippen LogP contribution is -2.47. The molecule has 0 aromatic heterocycles. The lowest BCUT2D eigenvalue weighted by molar-refractivity contribution is -0.124. The Morgan fingerprint density at radius 2 is 2.20 bits per heavy atom. The average Bonchev–Trinajstić information content (AvgIpc) is 2.23. The van der Waals surface area contributed by atoms with Crippen LogP contribution in [0.4, 0.5) is 0 Å². The first kappa shape index (κ1) is 10.4. The number of amides is 1. The van der Waals surface area contributed by atoms with Gasteiger partial charge in [-0.05, 0) is 22.0 Å². The maximum atomic E-state index is 11.6. The van der Waals surface area contributed by atoms with Crippen LogP contribution >= 0.6 is 15.9 Å². The summed E-state index contributed by atoms with van der Waals surface area (Å²) in [5.74, 6) is 0.0155. The Kier molecular flexibility index (Phi) is 2.93. The smallest absolute Gasteiger partial charge is 0.241 e. The molecular weight excluding hydrogens is 260 g/mol. The Hall–Kier alpha value is -1.07. The molecule has 1 aliphatic rings. The monoisotopic (exact) mass is 270 g/mol. The molecule has 1 atom stereocenters. The van der Waals surface area contributed by atoms with E-state index in [0.29, 0.717) is 23.1 Å². The van der Waals surface area contributed by atoms with E-state index in [1.54, 1.807) is 18.2 Å². The van der Waals surface area contributed by atoms with Gasteiger partial charge < -0.3 is 15.7 Å². The predicted molar refractivity (Wildman–Crippen MR) is 59.6 cm³/mol. The Morgan fingerprint density at radius 3 is 2.93 bits per heavy atom. The molecule has 5 heteroatoms. The van der Waals surface area contributed by atoms with Gasteiger partial charge in [0.1, 0.15) is 11.8 Å². The molecule has 0 aliphatic carbocycles. The minimum absolute atomic E-state index is 0.102. The van der Waals surface area contributed by atoms with Gasteiger partial charge in [0, 0.05) is 18.7 Å². The first-order valence-corrected chi connectivity index (χ1v) is 5.48. The third-order valence-electron chi connectivity index (χ3n) is 2.36. The molecule has 4 nitrogen and oxygen atoms in total. The number of rotatable bonds is 1. The fraction of sp³-hybridized carbons (Fsp3) is 0.300. The molecule has 1 aromatic rings. The lowest BCUT2D eigenvalue weighted by Gasteiger charge is -2.24. The van der Waals surface area contributed by atoms with Gasteiger partial charge in [0.05, 0.1) is 4.47 Å². The van der Waals surface area contributed by atoms with Crippen LogP contribution in [0, 0.1) is 0 Å². The molecule has 3 N–H and O–H groups in total. The van der Waals surface area contributed by atoms with Crippen molar-refractivity contribution in [3.05, 3.63) is 28.2 Å². The first-order valence-electron chi connectivity index (χ1n) is 4.68. The van der Waals surface area contributed by atoms with Crippen LogP contribution in [0.15, 0.2) is 22.7 Å². The number of hydrogen-bond acceptors (Lipinski definition) is 3. The number of aromatic hydroxyl groups is 1. The van der Waals surface area contributed by atoms with Crippen molar-refractivity contribution in [3.8, 4) is 5.75 Å². The van der Waals surface area contributed by atoms with Crippen LogP contribution in [0.5, 0.6) is 5.75 Å². The van der Waals surface area contributed by atoms with Gasteiger partial charge in [0.2, 0.25) is 5.91 Å². The van der Waals surface area contributed by atoms with E-state index in [-0.39, 0.29) is 11.7 Å². The average molecular weight is 271 g/mol. The summed E-state index contributed by atoms with van der Waals surface area (Å²) in [6, 6.07) is 4.81. The lowest BCUT2D eigenvalue weighted by atomic mass is 10.0. The summed E-state index contributed by atoms with van der Waals surface area (Å²) < 4.78 is 0.597. The summed E-state index contributed by atoms with van der Waals surface area (Å²) in [7, 11) is 0. The molecule has 2 rings (SSSR count). The number of halogens is 1. The second-order valence-electron chi connectivity index (χ2n) is 3.36. The number of nitrogens with one attached hydrogen (secondary N) is 2. The van der Waals surface area contributed by atoms with E-state index in [9.17, 15) is 9.90 Å². The molecule has 1 aromatic carbocycles. The van der Waals surface area contributed by atoms with E-state index in [1.807, 2.05) is 0 Å². The second kappa shape index (κ2) is 4.20. The summed E-state index contributed by atoms with van der Waals surface area (Å²) >= 11 is 3.22. The van der Waals surface area contributed by atoms with Gasteiger partial charge in [-0.1, -0.05) is 12.1 Å². The largest absolute Gasteiger partial charge is 0.506 e. The van der Waals surface area contributed by atoms with E-state index in [1.165, 1.54) is 0 Å². The van der Waals surface area contributed by atoms with Gasteiger partial charge in [-0.15, -0.1) is 0 Å². The van der Waals surface area contributed by atoms with E-state index >= 15 is 0 Å². The van der Waals surface area contributed by atoms with Crippen LogP contribution in [0.2, 0.25) is 0 Å². The molecular formula is C10H11BrN2O2.